The Hall–Kier alpha value is -2.25. The molecule has 1 N–H and O–H groups in total. The molecule has 0 saturated heterocycles. The van der Waals surface area contributed by atoms with E-state index in [1.165, 1.54) is 11.1 Å². The van der Waals surface area contributed by atoms with Crippen LogP contribution in [0.4, 0.5) is 5.82 Å². The summed E-state index contributed by atoms with van der Waals surface area (Å²) in [6.45, 7) is 17.8. The Labute approximate surface area is 191 Å². The van der Waals surface area contributed by atoms with Crippen LogP contribution in [0.25, 0.3) is 22.2 Å². The molecule has 0 aliphatic carbocycles. The maximum absolute atomic E-state index is 6.31. The Balaban J connectivity index is 1.73. The zero-order valence-electron chi connectivity index (χ0n) is 20.4. The van der Waals surface area contributed by atoms with Crippen molar-refractivity contribution in [3.8, 4) is 0 Å². The van der Waals surface area contributed by atoms with Crippen LogP contribution in [0.15, 0.2) is 10.7 Å². The number of nitrogens with one attached hydrogen (secondary N) is 1. The summed E-state index contributed by atoms with van der Waals surface area (Å²) in [4.78, 5) is 16.5. The molecule has 3 aromatic heterocycles. The van der Waals surface area contributed by atoms with Gasteiger partial charge in [0.1, 0.15) is 11.8 Å². The standard InChI is InChI=1S/C25H37N5O2/c1-7-30(8-2)11-9-10-26-23-22-21(27-15-28-23)20-17-13-25(5,6)31-14-18(17)19(12-16(3)4)29-24(20)32-22/h15-16H,7-14H2,1-6H3,(H,26,27,28). The summed E-state index contributed by atoms with van der Waals surface area (Å²) < 4.78 is 12.5. The Morgan fingerprint density at radius 2 is 1.94 bits per heavy atom. The van der Waals surface area contributed by atoms with Gasteiger partial charge in [-0.05, 0) is 57.8 Å². The van der Waals surface area contributed by atoms with Gasteiger partial charge in [0.2, 0.25) is 5.71 Å². The van der Waals surface area contributed by atoms with Crippen molar-refractivity contribution in [2.75, 3.05) is 31.5 Å². The first-order chi connectivity index (χ1) is 15.3. The van der Waals surface area contributed by atoms with E-state index < -0.39 is 0 Å². The number of furan rings is 1. The van der Waals surface area contributed by atoms with E-state index in [4.69, 9.17) is 14.1 Å². The predicted molar refractivity (Wildman–Crippen MR) is 129 cm³/mol. The van der Waals surface area contributed by atoms with E-state index in [0.29, 0.717) is 23.8 Å². The van der Waals surface area contributed by atoms with Gasteiger partial charge in [-0.2, -0.15) is 0 Å². The molecule has 0 amide bonds. The molecule has 0 aromatic carbocycles. The largest absolute Gasteiger partial charge is 0.432 e. The van der Waals surface area contributed by atoms with Crippen LogP contribution < -0.4 is 5.32 Å². The number of pyridine rings is 1. The summed E-state index contributed by atoms with van der Waals surface area (Å²) in [5.41, 5.74) is 5.55. The van der Waals surface area contributed by atoms with Gasteiger partial charge in [-0.1, -0.05) is 27.7 Å². The number of aromatic nitrogens is 3. The highest BCUT2D eigenvalue weighted by Gasteiger charge is 2.32. The van der Waals surface area contributed by atoms with Gasteiger partial charge in [0.25, 0.3) is 0 Å². The fourth-order valence-corrected chi connectivity index (χ4v) is 4.60. The monoisotopic (exact) mass is 439 g/mol. The lowest BCUT2D eigenvalue weighted by Crippen LogP contribution is -2.33. The fourth-order valence-electron chi connectivity index (χ4n) is 4.60. The zero-order valence-corrected chi connectivity index (χ0v) is 20.4. The van der Waals surface area contributed by atoms with Gasteiger partial charge in [0.05, 0.1) is 23.3 Å². The summed E-state index contributed by atoms with van der Waals surface area (Å²) in [6.07, 6.45) is 4.40. The molecule has 32 heavy (non-hydrogen) atoms. The molecule has 7 nitrogen and oxygen atoms in total. The van der Waals surface area contributed by atoms with Crippen LogP contribution in [0.2, 0.25) is 0 Å². The van der Waals surface area contributed by atoms with E-state index >= 15 is 0 Å². The van der Waals surface area contributed by atoms with Gasteiger partial charge in [0.15, 0.2) is 11.4 Å². The minimum absolute atomic E-state index is 0.224. The molecule has 0 atom stereocenters. The van der Waals surface area contributed by atoms with Crippen LogP contribution in [0.5, 0.6) is 0 Å². The first-order valence-electron chi connectivity index (χ1n) is 12.0. The number of rotatable bonds is 9. The first-order valence-corrected chi connectivity index (χ1v) is 12.0. The van der Waals surface area contributed by atoms with Crippen molar-refractivity contribution in [3.05, 3.63) is 23.1 Å². The Kier molecular flexibility index (Phi) is 6.67. The Bertz CT molecular complexity index is 1090. The van der Waals surface area contributed by atoms with Crippen LogP contribution in [0.1, 0.15) is 64.8 Å². The van der Waals surface area contributed by atoms with Crippen molar-refractivity contribution < 1.29 is 9.15 Å². The molecule has 0 radical (unpaired) electrons. The fraction of sp³-hybridized carbons (Fsp3) is 0.640. The third-order valence-corrected chi connectivity index (χ3v) is 6.35. The van der Waals surface area contributed by atoms with Crippen molar-refractivity contribution in [2.24, 2.45) is 5.92 Å². The highest BCUT2D eigenvalue weighted by atomic mass is 16.5. The minimum atomic E-state index is -0.224. The molecule has 4 rings (SSSR count). The van der Waals surface area contributed by atoms with E-state index in [0.717, 1.165) is 67.9 Å². The highest BCUT2D eigenvalue weighted by molar-refractivity contribution is 6.06. The number of anilines is 1. The third-order valence-electron chi connectivity index (χ3n) is 6.35. The number of hydrogen-bond donors (Lipinski definition) is 1. The number of fused-ring (bicyclic) bond motifs is 5. The summed E-state index contributed by atoms with van der Waals surface area (Å²) in [5, 5.41) is 4.49. The highest BCUT2D eigenvalue weighted by Crippen LogP contribution is 2.39. The van der Waals surface area contributed by atoms with Gasteiger partial charge in [-0.3, -0.25) is 0 Å². The van der Waals surface area contributed by atoms with Gasteiger partial charge in [-0.15, -0.1) is 0 Å². The summed E-state index contributed by atoms with van der Waals surface area (Å²) in [6, 6.07) is 0. The summed E-state index contributed by atoms with van der Waals surface area (Å²) in [5.74, 6) is 1.25. The molecule has 174 valence electrons. The maximum atomic E-state index is 6.31. The quantitative estimate of drug-likeness (QED) is 0.472. The van der Waals surface area contributed by atoms with Crippen molar-refractivity contribution in [3.63, 3.8) is 0 Å². The average molecular weight is 440 g/mol. The molecule has 7 heteroatoms. The van der Waals surface area contributed by atoms with Crippen molar-refractivity contribution in [1.82, 2.24) is 19.9 Å². The van der Waals surface area contributed by atoms with Crippen molar-refractivity contribution in [1.29, 1.82) is 0 Å². The lowest BCUT2D eigenvalue weighted by molar-refractivity contribution is -0.0402. The van der Waals surface area contributed by atoms with Crippen LogP contribution in [0.3, 0.4) is 0 Å². The summed E-state index contributed by atoms with van der Waals surface area (Å²) in [7, 11) is 0. The van der Waals surface area contributed by atoms with Crippen LogP contribution in [-0.4, -0.2) is 51.6 Å². The average Bonchev–Trinajstić information content (AvgIpc) is 3.12. The van der Waals surface area contributed by atoms with E-state index in [2.05, 4.69) is 61.7 Å². The van der Waals surface area contributed by atoms with E-state index in [-0.39, 0.29) is 5.60 Å². The topological polar surface area (TPSA) is 76.3 Å². The number of nitrogens with zero attached hydrogens (tertiary/aromatic N) is 4. The predicted octanol–water partition coefficient (Wildman–Crippen LogP) is 4.96. The molecule has 1 aliphatic rings. The lowest BCUT2D eigenvalue weighted by Gasteiger charge is -2.33. The number of ether oxygens (including phenoxy) is 1. The smallest absolute Gasteiger partial charge is 0.229 e. The molecule has 0 saturated carbocycles. The molecule has 0 bridgehead atoms. The molecule has 3 aromatic rings. The molecule has 0 fully saturated rings. The Morgan fingerprint density at radius 3 is 2.66 bits per heavy atom. The van der Waals surface area contributed by atoms with Crippen LogP contribution in [0, 0.1) is 5.92 Å². The molecule has 1 aliphatic heterocycles. The second kappa shape index (κ2) is 9.32. The molecule has 0 spiro atoms. The van der Waals surface area contributed by atoms with Gasteiger partial charge in [0, 0.05) is 18.5 Å². The van der Waals surface area contributed by atoms with Gasteiger partial charge < -0.3 is 19.4 Å². The van der Waals surface area contributed by atoms with Crippen molar-refractivity contribution >= 4 is 28.0 Å². The molecular weight excluding hydrogens is 402 g/mol. The Morgan fingerprint density at radius 1 is 1.16 bits per heavy atom. The lowest BCUT2D eigenvalue weighted by atomic mass is 9.88. The SMILES string of the molecule is CCN(CC)CCCNc1ncnc2c1oc1nc(CC(C)C)c3c(c12)CC(C)(C)OC3. The van der Waals surface area contributed by atoms with E-state index in [1.54, 1.807) is 6.33 Å². The van der Waals surface area contributed by atoms with E-state index in [1.807, 2.05) is 0 Å². The molecule has 4 heterocycles. The number of hydrogen-bond acceptors (Lipinski definition) is 7. The molecule has 0 unspecified atom stereocenters. The zero-order chi connectivity index (χ0) is 22.9. The van der Waals surface area contributed by atoms with Gasteiger partial charge >= 0.3 is 0 Å². The molecular formula is C25H37N5O2. The third kappa shape index (κ3) is 4.59. The van der Waals surface area contributed by atoms with Crippen LogP contribution in [-0.2, 0) is 24.2 Å². The minimum Gasteiger partial charge on any atom is -0.432 e. The van der Waals surface area contributed by atoms with Gasteiger partial charge in [-0.25, -0.2) is 15.0 Å². The maximum Gasteiger partial charge on any atom is 0.229 e. The van der Waals surface area contributed by atoms with E-state index in [9.17, 15) is 0 Å². The second-order valence-corrected chi connectivity index (χ2v) is 9.83. The summed E-state index contributed by atoms with van der Waals surface area (Å²) >= 11 is 0. The van der Waals surface area contributed by atoms with Crippen LogP contribution >= 0.6 is 0 Å². The normalized spacial score (nSPS) is 15.8. The first kappa shape index (κ1) is 22.9. The second-order valence-electron chi connectivity index (χ2n) is 9.83. The van der Waals surface area contributed by atoms with Crippen molar-refractivity contribution in [2.45, 2.75) is 73.0 Å².